The number of aromatic nitrogens is 2. The Morgan fingerprint density at radius 3 is 2.61 bits per heavy atom. The number of carbonyl (C=O) groups is 3. The summed E-state index contributed by atoms with van der Waals surface area (Å²) in [5.41, 5.74) is 5.66. The van der Waals surface area contributed by atoms with E-state index >= 15 is 0 Å². The van der Waals surface area contributed by atoms with Crippen molar-refractivity contribution in [2.24, 2.45) is 0 Å². The van der Waals surface area contributed by atoms with Crippen molar-refractivity contribution < 1.29 is 24.2 Å². The molecule has 2 aromatic rings. The molecule has 3 rings (SSSR count). The molecule has 0 radical (unpaired) electrons. The van der Waals surface area contributed by atoms with E-state index in [9.17, 15) is 19.5 Å². The molecule has 11 nitrogen and oxygen atoms in total. The van der Waals surface area contributed by atoms with Crippen LogP contribution >= 0.6 is 23.4 Å². The second kappa shape index (κ2) is 12.1. The van der Waals surface area contributed by atoms with Gasteiger partial charge in [-0.05, 0) is 52.7 Å². The van der Waals surface area contributed by atoms with Crippen molar-refractivity contribution in [1.82, 2.24) is 15.3 Å². The van der Waals surface area contributed by atoms with Crippen LogP contribution in [0, 0.1) is 0 Å². The first-order valence-electron chi connectivity index (χ1n) is 12.1. The predicted molar refractivity (Wildman–Crippen MR) is 147 cm³/mol. The fourth-order valence-corrected chi connectivity index (χ4v) is 4.93. The third kappa shape index (κ3) is 7.87. The second-order valence-corrected chi connectivity index (χ2v) is 11.7. The minimum Gasteiger partial charge on any atom is -0.480 e. The Morgan fingerprint density at radius 1 is 1.34 bits per heavy atom. The lowest BCUT2D eigenvalue weighted by Crippen LogP contribution is -2.54. The van der Waals surface area contributed by atoms with Crippen molar-refractivity contribution in [2.45, 2.75) is 74.1 Å². The zero-order chi connectivity index (χ0) is 28.1. The molecule has 5 N–H and O–H groups in total. The summed E-state index contributed by atoms with van der Waals surface area (Å²) in [6, 6.07) is 4.00. The largest absolute Gasteiger partial charge is 0.480 e. The van der Waals surface area contributed by atoms with E-state index in [2.05, 4.69) is 25.5 Å². The molecule has 2 heterocycles. The molecule has 0 saturated carbocycles. The van der Waals surface area contributed by atoms with E-state index in [1.165, 1.54) is 11.8 Å². The average molecular weight is 565 g/mol. The van der Waals surface area contributed by atoms with Gasteiger partial charge in [0.2, 0.25) is 0 Å². The third-order valence-electron chi connectivity index (χ3n) is 5.87. The van der Waals surface area contributed by atoms with Gasteiger partial charge in [-0.1, -0.05) is 29.4 Å². The number of aldehydes is 1. The number of anilines is 3. The van der Waals surface area contributed by atoms with Crippen molar-refractivity contribution in [2.75, 3.05) is 29.0 Å². The molecule has 1 saturated heterocycles. The number of ether oxygens (including phenoxy) is 1. The number of nitrogens with one attached hydrogen (secondary N) is 2. The summed E-state index contributed by atoms with van der Waals surface area (Å²) >= 11 is 7.71. The number of carbonyl (C=O) groups excluding carboxylic acids is 2. The van der Waals surface area contributed by atoms with Crippen LogP contribution in [0.1, 0.15) is 47.0 Å². The molecule has 1 aliphatic heterocycles. The highest BCUT2D eigenvalue weighted by atomic mass is 35.5. The molecule has 0 aliphatic carbocycles. The molecule has 13 heteroatoms. The normalized spacial score (nSPS) is 15.9. The Labute approximate surface area is 230 Å². The van der Waals surface area contributed by atoms with Crippen LogP contribution in [0.4, 0.5) is 22.1 Å². The SMILES string of the molecule is CC1(NC(=O)OC(C)(C)C)CCN(c2cnc(Sc3cccc(NC(CC=O)C(=O)O)c3Cl)c(N)n2)CC1. The average Bonchev–Trinajstić information content (AvgIpc) is 2.81. The zero-order valence-electron chi connectivity index (χ0n) is 21.8. The number of nitrogens with zero attached hydrogens (tertiary/aromatic N) is 3. The van der Waals surface area contributed by atoms with Crippen LogP contribution in [0.2, 0.25) is 5.02 Å². The Morgan fingerprint density at radius 2 is 2.03 bits per heavy atom. The van der Waals surface area contributed by atoms with E-state index in [4.69, 9.17) is 22.1 Å². The molecule has 1 amide bonds. The summed E-state index contributed by atoms with van der Waals surface area (Å²) < 4.78 is 5.39. The Kier molecular flexibility index (Phi) is 9.31. The fourth-order valence-electron chi connectivity index (χ4n) is 3.83. The smallest absolute Gasteiger partial charge is 0.408 e. The standard InChI is InChI=1S/C25H33ClN6O5S/c1-24(2,3)37-23(36)31-25(4)9-11-32(12-10-25)18-14-28-21(20(27)30-18)38-17-7-5-6-15(19(17)26)29-16(8-13-33)22(34)35/h5-7,13-14,16,29H,8-12H2,1-4H3,(H2,27,30)(H,31,36)(H,34,35). The Balaban J connectivity index is 1.66. The van der Waals surface area contributed by atoms with Crippen LogP contribution in [0.15, 0.2) is 34.3 Å². The van der Waals surface area contributed by atoms with Gasteiger partial charge in [-0.25, -0.2) is 19.6 Å². The van der Waals surface area contributed by atoms with Crippen molar-refractivity contribution in [3.8, 4) is 0 Å². The van der Waals surface area contributed by atoms with E-state index < -0.39 is 29.2 Å². The Bertz CT molecular complexity index is 1180. The number of rotatable bonds is 9. The number of nitrogen functional groups attached to an aromatic ring is 1. The van der Waals surface area contributed by atoms with Crippen molar-refractivity contribution in [3.63, 3.8) is 0 Å². The number of halogens is 1. The zero-order valence-corrected chi connectivity index (χ0v) is 23.4. The molecule has 1 unspecified atom stereocenters. The molecular formula is C25H33ClN6O5S. The van der Waals surface area contributed by atoms with Gasteiger partial charge in [0.05, 0.1) is 16.9 Å². The van der Waals surface area contributed by atoms with Crippen LogP contribution in [0.25, 0.3) is 0 Å². The number of amides is 1. The number of piperidine rings is 1. The topological polar surface area (TPSA) is 160 Å². The van der Waals surface area contributed by atoms with Crippen LogP contribution in [-0.4, -0.2) is 63.7 Å². The first-order valence-corrected chi connectivity index (χ1v) is 13.3. The minimum atomic E-state index is -1.16. The molecule has 1 aromatic heterocycles. The number of carboxylic acid groups (broad SMARTS) is 1. The summed E-state index contributed by atoms with van der Waals surface area (Å²) in [6.45, 7) is 8.78. The minimum absolute atomic E-state index is 0.199. The van der Waals surface area contributed by atoms with Gasteiger partial charge in [-0.15, -0.1) is 0 Å². The van der Waals surface area contributed by atoms with Gasteiger partial charge >= 0.3 is 12.1 Å². The number of alkyl carbamates (subject to hydrolysis) is 1. The number of hydrogen-bond donors (Lipinski definition) is 4. The summed E-state index contributed by atoms with van der Waals surface area (Å²) in [4.78, 5) is 46.1. The summed E-state index contributed by atoms with van der Waals surface area (Å²) in [5, 5.41) is 15.8. The molecule has 0 spiro atoms. The predicted octanol–water partition coefficient (Wildman–Crippen LogP) is 4.20. The molecule has 1 atom stereocenters. The highest BCUT2D eigenvalue weighted by Crippen LogP contribution is 2.39. The van der Waals surface area contributed by atoms with Crippen molar-refractivity contribution >= 4 is 59.0 Å². The third-order valence-corrected chi connectivity index (χ3v) is 7.46. The van der Waals surface area contributed by atoms with Gasteiger partial charge < -0.3 is 35.9 Å². The molecule has 38 heavy (non-hydrogen) atoms. The fraction of sp³-hybridized carbons (Fsp3) is 0.480. The first-order chi connectivity index (χ1) is 17.8. The van der Waals surface area contributed by atoms with Gasteiger partial charge in [-0.2, -0.15) is 0 Å². The maximum Gasteiger partial charge on any atom is 0.408 e. The maximum absolute atomic E-state index is 12.2. The number of carboxylic acids is 1. The summed E-state index contributed by atoms with van der Waals surface area (Å²) in [7, 11) is 0. The molecule has 1 aliphatic rings. The quantitative estimate of drug-likeness (QED) is 0.323. The number of hydrogen-bond acceptors (Lipinski definition) is 10. The van der Waals surface area contributed by atoms with Gasteiger partial charge in [0.25, 0.3) is 0 Å². The summed E-state index contributed by atoms with van der Waals surface area (Å²) in [6.07, 6.45) is 2.94. The van der Waals surface area contributed by atoms with Crippen molar-refractivity contribution in [3.05, 3.63) is 29.4 Å². The molecule has 1 aromatic carbocycles. The van der Waals surface area contributed by atoms with Crippen LogP contribution in [0.3, 0.4) is 0 Å². The molecule has 206 valence electrons. The number of benzene rings is 1. The second-order valence-electron chi connectivity index (χ2n) is 10.3. The number of nitrogens with two attached hydrogens (primary N) is 1. The van der Waals surface area contributed by atoms with Crippen molar-refractivity contribution in [1.29, 1.82) is 0 Å². The van der Waals surface area contributed by atoms with Crippen LogP contribution < -0.4 is 21.3 Å². The lowest BCUT2D eigenvalue weighted by atomic mass is 9.90. The van der Waals surface area contributed by atoms with E-state index in [1.54, 1.807) is 24.4 Å². The Hall–Kier alpha value is -3.25. The lowest BCUT2D eigenvalue weighted by Gasteiger charge is -2.40. The molecule has 0 bridgehead atoms. The maximum atomic E-state index is 12.2. The van der Waals surface area contributed by atoms with Gasteiger partial charge in [0.15, 0.2) is 5.82 Å². The van der Waals surface area contributed by atoms with Gasteiger partial charge in [0.1, 0.15) is 28.8 Å². The summed E-state index contributed by atoms with van der Waals surface area (Å²) in [5.74, 6) is -0.298. The van der Waals surface area contributed by atoms with E-state index in [0.717, 1.165) is 0 Å². The highest BCUT2D eigenvalue weighted by molar-refractivity contribution is 7.99. The molecular weight excluding hydrogens is 532 g/mol. The van der Waals surface area contributed by atoms with E-state index in [1.807, 2.05) is 27.7 Å². The highest BCUT2D eigenvalue weighted by Gasteiger charge is 2.33. The lowest BCUT2D eigenvalue weighted by molar-refractivity contribution is -0.138. The first kappa shape index (κ1) is 29.3. The van der Waals surface area contributed by atoms with Crippen LogP contribution in [0.5, 0.6) is 0 Å². The monoisotopic (exact) mass is 564 g/mol. The molecule has 1 fully saturated rings. The number of aliphatic carboxylic acids is 1. The van der Waals surface area contributed by atoms with Gasteiger partial charge in [-0.3, -0.25) is 0 Å². The van der Waals surface area contributed by atoms with E-state index in [0.29, 0.717) is 53.6 Å². The van der Waals surface area contributed by atoms with E-state index in [-0.39, 0.29) is 17.3 Å². The van der Waals surface area contributed by atoms with Crippen LogP contribution in [-0.2, 0) is 14.3 Å². The van der Waals surface area contributed by atoms with Gasteiger partial charge in [0, 0.05) is 29.9 Å².